The van der Waals surface area contributed by atoms with E-state index >= 15 is 0 Å². The summed E-state index contributed by atoms with van der Waals surface area (Å²) in [5.74, 6) is 0.783. The van der Waals surface area contributed by atoms with Crippen LogP contribution in [0.1, 0.15) is 12.0 Å². The van der Waals surface area contributed by atoms with Crippen molar-refractivity contribution in [3.8, 4) is 0 Å². The van der Waals surface area contributed by atoms with Crippen molar-refractivity contribution < 1.29 is 4.74 Å². The zero-order valence-corrected chi connectivity index (χ0v) is 9.48. The number of hydrogen-bond donors (Lipinski definition) is 1. The Kier molecular flexibility index (Phi) is 2.48. The Balaban J connectivity index is 1.67. The van der Waals surface area contributed by atoms with E-state index in [1.165, 1.54) is 17.7 Å². The number of nitrogen functional groups attached to an aromatic ring is 1. The van der Waals surface area contributed by atoms with Crippen LogP contribution in [0.5, 0.6) is 0 Å². The first-order valence-electron chi connectivity index (χ1n) is 6.04. The average molecular weight is 218 g/mol. The molecule has 3 heteroatoms. The Labute approximate surface area is 96.2 Å². The normalized spacial score (nSPS) is 19.6. The number of rotatable bonds is 3. The number of hydrogen-bond acceptors (Lipinski definition) is 3. The van der Waals surface area contributed by atoms with Gasteiger partial charge in [-0.3, -0.25) is 0 Å². The molecule has 86 valence electrons. The number of nitrogens with zero attached hydrogens (tertiary/aromatic N) is 1. The largest absolute Gasteiger partial charge is 0.399 e. The highest BCUT2D eigenvalue weighted by Gasteiger charge is 2.23. The molecule has 1 aromatic carbocycles. The van der Waals surface area contributed by atoms with Crippen molar-refractivity contribution in [2.24, 2.45) is 5.92 Å². The van der Waals surface area contributed by atoms with Gasteiger partial charge in [0.25, 0.3) is 0 Å². The lowest BCUT2D eigenvalue weighted by atomic mass is 10.0. The molecule has 16 heavy (non-hydrogen) atoms. The lowest BCUT2D eigenvalue weighted by molar-refractivity contribution is -0.0343. The van der Waals surface area contributed by atoms with Crippen molar-refractivity contribution in [1.82, 2.24) is 0 Å². The van der Waals surface area contributed by atoms with E-state index in [9.17, 15) is 0 Å². The number of nitrogens with two attached hydrogens (primary N) is 1. The summed E-state index contributed by atoms with van der Waals surface area (Å²) in [6, 6.07) is 6.28. The highest BCUT2D eigenvalue weighted by atomic mass is 16.5. The molecular formula is C13H18N2O. The van der Waals surface area contributed by atoms with Crippen LogP contribution in [-0.4, -0.2) is 26.3 Å². The van der Waals surface area contributed by atoms with E-state index in [0.29, 0.717) is 0 Å². The van der Waals surface area contributed by atoms with E-state index in [4.69, 9.17) is 10.5 Å². The van der Waals surface area contributed by atoms with Gasteiger partial charge < -0.3 is 15.4 Å². The Bertz CT molecular complexity index is 388. The van der Waals surface area contributed by atoms with Crippen LogP contribution in [0.3, 0.4) is 0 Å². The lowest BCUT2D eigenvalue weighted by Crippen LogP contribution is -2.32. The molecule has 3 nitrogen and oxygen atoms in total. The molecule has 0 spiro atoms. The SMILES string of the molecule is Nc1ccc2c(c1)N(CCC1COC1)CC2. The third kappa shape index (κ3) is 1.76. The van der Waals surface area contributed by atoms with Crippen molar-refractivity contribution in [1.29, 1.82) is 0 Å². The highest BCUT2D eigenvalue weighted by Crippen LogP contribution is 2.30. The Morgan fingerprint density at radius 1 is 1.38 bits per heavy atom. The fourth-order valence-corrected chi connectivity index (χ4v) is 2.48. The summed E-state index contributed by atoms with van der Waals surface area (Å²) in [5, 5.41) is 0. The quantitative estimate of drug-likeness (QED) is 0.784. The predicted molar refractivity (Wildman–Crippen MR) is 65.7 cm³/mol. The van der Waals surface area contributed by atoms with Gasteiger partial charge in [-0.15, -0.1) is 0 Å². The van der Waals surface area contributed by atoms with Crippen LogP contribution in [0.4, 0.5) is 11.4 Å². The Hall–Kier alpha value is -1.22. The maximum Gasteiger partial charge on any atom is 0.0517 e. The molecule has 1 fully saturated rings. The van der Waals surface area contributed by atoms with Gasteiger partial charge >= 0.3 is 0 Å². The van der Waals surface area contributed by atoms with E-state index in [1.54, 1.807) is 0 Å². The second kappa shape index (κ2) is 3.98. The molecule has 2 N–H and O–H groups in total. The molecule has 1 saturated heterocycles. The second-order valence-electron chi connectivity index (χ2n) is 4.82. The smallest absolute Gasteiger partial charge is 0.0517 e. The number of anilines is 2. The molecule has 0 atom stereocenters. The van der Waals surface area contributed by atoms with Gasteiger partial charge in [-0.2, -0.15) is 0 Å². The third-order valence-corrected chi connectivity index (χ3v) is 3.62. The molecular weight excluding hydrogens is 200 g/mol. The Morgan fingerprint density at radius 2 is 2.25 bits per heavy atom. The topological polar surface area (TPSA) is 38.5 Å². The molecule has 0 saturated carbocycles. The summed E-state index contributed by atoms with van der Waals surface area (Å²) < 4.78 is 5.20. The summed E-state index contributed by atoms with van der Waals surface area (Å²) in [6.45, 7) is 4.20. The van der Waals surface area contributed by atoms with Crippen molar-refractivity contribution >= 4 is 11.4 Å². The van der Waals surface area contributed by atoms with E-state index in [0.717, 1.165) is 44.3 Å². The van der Waals surface area contributed by atoms with Gasteiger partial charge in [-0.05, 0) is 30.5 Å². The van der Waals surface area contributed by atoms with Crippen LogP contribution in [0.25, 0.3) is 0 Å². The molecule has 0 amide bonds. The summed E-state index contributed by atoms with van der Waals surface area (Å²) in [4.78, 5) is 2.46. The van der Waals surface area contributed by atoms with Crippen molar-refractivity contribution in [3.63, 3.8) is 0 Å². The van der Waals surface area contributed by atoms with Gasteiger partial charge in [0, 0.05) is 30.4 Å². The van der Waals surface area contributed by atoms with E-state index in [-0.39, 0.29) is 0 Å². The minimum atomic E-state index is 0.783. The first-order valence-corrected chi connectivity index (χ1v) is 6.04. The van der Waals surface area contributed by atoms with Crippen LogP contribution in [0.15, 0.2) is 18.2 Å². The highest BCUT2D eigenvalue weighted by molar-refractivity contribution is 5.64. The fourth-order valence-electron chi connectivity index (χ4n) is 2.48. The fraction of sp³-hybridized carbons (Fsp3) is 0.538. The van der Waals surface area contributed by atoms with Gasteiger partial charge in [0.05, 0.1) is 13.2 Å². The van der Waals surface area contributed by atoms with Gasteiger partial charge in [0.15, 0.2) is 0 Å². The Morgan fingerprint density at radius 3 is 3.00 bits per heavy atom. The summed E-state index contributed by atoms with van der Waals surface area (Å²) in [5.41, 5.74) is 9.50. The van der Waals surface area contributed by atoms with E-state index in [1.807, 2.05) is 6.07 Å². The number of benzene rings is 1. The first kappa shape index (κ1) is 9.97. The van der Waals surface area contributed by atoms with E-state index in [2.05, 4.69) is 17.0 Å². The van der Waals surface area contributed by atoms with Crippen molar-refractivity contribution in [3.05, 3.63) is 23.8 Å². The van der Waals surface area contributed by atoms with Gasteiger partial charge in [-0.25, -0.2) is 0 Å². The lowest BCUT2D eigenvalue weighted by Gasteiger charge is -2.28. The molecule has 0 aromatic heterocycles. The average Bonchev–Trinajstić information content (AvgIpc) is 2.59. The number of fused-ring (bicyclic) bond motifs is 1. The van der Waals surface area contributed by atoms with E-state index < -0.39 is 0 Å². The predicted octanol–water partition coefficient (Wildman–Crippen LogP) is 1.67. The molecule has 0 radical (unpaired) electrons. The first-order chi connectivity index (χ1) is 7.83. The van der Waals surface area contributed by atoms with Gasteiger partial charge in [0.1, 0.15) is 0 Å². The zero-order valence-electron chi connectivity index (χ0n) is 9.48. The zero-order chi connectivity index (χ0) is 11.0. The van der Waals surface area contributed by atoms with Crippen molar-refractivity contribution in [2.45, 2.75) is 12.8 Å². The molecule has 0 bridgehead atoms. The third-order valence-electron chi connectivity index (χ3n) is 3.62. The minimum Gasteiger partial charge on any atom is -0.399 e. The molecule has 2 heterocycles. The van der Waals surface area contributed by atoms with Crippen LogP contribution in [0.2, 0.25) is 0 Å². The molecule has 0 aliphatic carbocycles. The molecule has 2 aliphatic heterocycles. The molecule has 3 rings (SSSR count). The van der Waals surface area contributed by atoms with Crippen LogP contribution in [-0.2, 0) is 11.2 Å². The maximum atomic E-state index is 5.84. The molecule has 2 aliphatic rings. The van der Waals surface area contributed by atoms with Crippen LogP contribution in [0, 0.1) is 5.92 Å². The van der Waals surface area contributed by atoms with Crippen molar-refractivity contribution in [2.75, 3.05) is 36.9 Å². The maximum absolute atomic E-state index is 5.84. The van der Waals surface area contributed by atoms with Gasteiger partial charge in [0.2, 0.25) is 0 Å². The monoisotopic (exact) mass is 218 g/mol. The summed E-state index contributed by atoms with van der Waals surface area (Å²) in [6.07, 6.45) is 2.41. The molecule has 0 unspecified atom stereocenters. The standard InChI is InChI=1S/C13H18N2O/c14-12-2-1-11-4-6-15(13(11)7-12)5-3-10-8-16-9-10/h1-2,7,10H,3-6,8-9,14H2. The minimum absolute atomic E-state index is 0.783. The van der Waals surface area contributed by atoms with Crippen LogP contribution >= 0.6 is 0 Å². The summed E-state index contributed by atoms with van der Waals surface area (Å²) in [7, 11) is 0. The molecule has 1 aromatic rings. The summed E-state index contributed by atoms with van der Waals surface area (Å²) >= 11 is 0. The van der Waals surface area contributed by atoms with Crippen LogP contribution < -0.4 is 10.6 Å². The van der Waals surface area contributed by atoms with Gasteiger partial charge in [-0.1, -0.05) is 6.07 Å². The second-order valence-corrected chi connectivity index (χ2v) is 4.82. The number of ether oxygens (including phenoxy) is 1.